The van der Waals surface area contributed by atoms with Crippen LogP contribution in [0.5, 0.6) is 0 Å². The standard InChI is InChI=1S/C15H20FN5O2/c1-10-14(21(22)23)15(20(4)18-10)17-8-11-5-6-12(9-19(2)3)13(16)7-11/h5-7,17H,8-9H2,1-4H3. The van der Waals surface area contributed by atoms with Gasteiger partial charge < -0.3 is 10.2 Å². The Bertz CT molecular complexity index is 727. The third-order valence-corrected chi connectivity index (χ3v) is 3.44. The maximum absolute atomic E-state index is 14.0. The highest BCUT2D eigenvalue weighted by atomic mass is 19.1. The monoisotopic (exact) mass is 321 g/mol. The molecule has 0 spiro atoms. The Hall–Kier alpha value is -2.48. The van der Waals surface area contributed by atoms with Crippen LogP contribution in [0.4, 0.5) is 15.9 Å². The summed E-state index contributed by atoms with van der Waals surface area (Å²) in [5.41, 5.74) is 1.60. The van der Waals surface area contributed by atoms with Gasteiger partial charge in [0.2, 0.25) is 5.82 Å². The highest BCUT2D eigenvalue weighted by molar-refractivity contribution is 5.59. The van der Waals surface area contributed by atoms with Gasteiger partial charge in [-0.2, -0.15) is 5.10 Å². The Kier molecular flexibility index (Phi) is 4.95. The molecule has 0 bridgehead atoms. The SMILES string of the molecule is Cc1nn(C)c(NCc2ccc(CN(C)C)c(F)c2)c1[N+](=O)[O-]. The third-order valence-electron chi connectivity index (χ3n) is 3.44. The number of rotatable bonds is 6. The number of nitro groups is 1. The van der Waals surface area contributed by atoms with Crippen LogP contribution in [-0.2, 0) is 20.1 Å². The van der Waals surface area contributed by atoms with Crippen LogP contribution in [0.1, 0.15) is 16.8 Å². The number of hydrogen-bond donors (Lipinski definition) is 1. The molecule has 1 aromatic heterocycles. The zero-order chi connectivity index (χ0) is 17.1. The Morgan fingerprint density at radius 2 is 2.13 bits per heavy atom. The summed E-state index contributed by atoms with van der Waals surface area (Å²) in [6.07, 6.45) is 0. The molecule has 0 saturated heterocycles. The van der Waals surface area contributed by atoms with E-state index in [1.165, 1.54) is 10.7 Å². The first-order valence-corrected chi connectivity index (χ1v) is 7.13. The summed E-state index contributed by atoms with van der Waals surface area (Å²) in [6.45, 7) is 2.38. The van der Waals surface area contributed by atoms with E-state index in [-0.39, 0.29) is 18.0 Å². The molecule has 0 fully saturated rings. The molecule has 23 heavy (non-hydrogen) atoms. The lowest BCUT2D eigenvalue weighted by molar-refractivity contribution is -0.384. The molecule has 0 aliphatic rings. The Morgan fingerprint density at radius 1 is 1.43 bits per heavy atom. The molecule has 0 saturated carbocycles. The molecule has 124 valence electrons. The maximum atomic E-state index is 14.0. The van der Waals surface area contributed by atoms with E-state index in [1.54, 1.807) is 20.0 Å². The Balaban J connectivity index is 2.16. The van der Waals surface area contributed by atoms with E-state index < -0.39 is 4.92 Å². The number of aryl methyl sites for hydroxylation is 2. The summed E-state index contributed by atoms with van der Waals surface area (Å²) in [4.78, 5) is 12.5. The van der Waals surface area contributed by atoms with Crippen molar-refractivity contribution in [2.24, 2.45) is 7.05 Å². The molecule has 0 amide bonds. The van der Waals surface area contributed by atoms with Gasteiger partial charge in [-0.3, -0.25) is 10.1 Å². The van der Waals surface area contributed by atoms with E-state index in [9.17, 15) is 14.5 Å². The summed E-state index contributed by atoms with van der Waals surface area (Å²) in [7, 11) is 5.38. The molecule has 1 heterocycles. The number of nitrogens with zero attached hydrogens (tertiary/aromatic N) is 4. The summed E-state index contributed by atoms with van der Waals surface area (Å²) in [5.74, 6) is 0.0268. The molecule has 2 rings (SSSR count). The molecule has 1 N–H and O–H groups in total. The van der Waals surface area contributed by atoms with Gasteiger partial charge in [-0.25, -0.2) is 9.07 Å². The van der Waals surface area contributed by atoms with Gasteiger partial charge >= 0.3 is 5.69 Å². The fourth-order valence-electron chi connectivity index (χ4n) is 2.42. The zero-order valence-corrected chi connectivity index (χ0v) is 13.6. The minimum absolute atomic E-state index is 0.0581. The Labute approximate surface area is 133 Å². The van der Waals surface area contributed by atoms with Crippen LogP contribution in [0.15, 0.2) is 18.2 Å². The van der Waals surface area contributed by atoms with Crippen LogP contribution in [-0.4, -0.2) is 33.7 Å². The van der Waals surface area contributed by atoms with Crippen LogP contribution < -0.4 is 5.32 Å². The van der Waals surface area contributed by atoms with Crippen molar-refractivity contribution in [2.45, 2.75) is 20.0 Å². The number of aromatic nitrogens is 2. The van der Waals surface area contributed by atoms with E-state index in [2.05, 4.69) is 10.4 Å². The molecule has 1 aromatic carbocycles. The van der Waals surface area contributed by atoms with Gasteiger partial charge in [0.1, 0.15) is 11.5 Å². The molecule has 2 aromatic rings. The number of nitrogens with one attached hydrogen (secondary N) is 1. The fourth-order valence-corrected chi connectivity index (χ4v) is 2.42. The van der Waals surface area contributed by atoms with E-state index in [4.69, 9.17) is 0 Å². The lowest BCUT2D eigenvalue weighted by atomic mass is 10.1. The second-order valence-electron chi connectivity index (χ2n) is 5.68. The van der Waals surface area contributed by atoms with Crippen LogP contribution in [0.3, 0.4) is 0 Å². The molecule has 0 unspecified atom stereocenters. The van der Waals surface area contributed by atoms with E-state index in [0.29, 0.717) is 29.2 Å². The predicted octanol–water partition coefficient (Wildman–Crippen LogP) is 2.45. The highest BCUT2D eigenvalue weighted by Crippen LogP contribution is 2.27. The normalized spacial score (nSPS) is 11.0. The first kappa shape index (κ1) is 16.9. The minimum atomic E-state index is -0.467. The number of anilines is 1. The molecule has 8 heteroatoms. The van der Waals surface area contributed by atoms with Crippen molar-refractivity contribution in [2.75, 3.05) is 19.4 Å². The van der Waals surface area contributed by atoms with Crippen molar-refractivity contribution in [1.82, 2.24) is 14.7 Å². The van der Waals surface area contributed by atoms with Gasteiger partial charge in [0.25, 0.3) is 0 Å². The summed E-state index contributed by atoms with van der Waals surface area (Å²) in [6, 6.07) is 4.99. The molecule has 0 aliphatic carbocycles. The second-order valence-corrected chi connectivity index (χ2v) is 5.68. The molecular formula is C15H20FN5O2. The van der Waals surface area contributed by atoms with Crippen molar-refractivity contribution in [3.05, 3.63) is 51.0 Å². The van der Waals surface area contributed by atoms with Gasteiger partial charge in [-0.05, 0) is 32.6 Å². The second kappa shape index (κ2) is 6.74. The van der Waals surface area contributed by atoms with E-state index >= 15 is 0 Å². The molecular weight excluding hydrogens is 301 g/mol. The number of halogens is 1. The predicted molar refractivity (Wildman–Crippen MR) is 85.7 cm³/mol. The minimum Gasteiger partial charge on any atom is -0.360 e. The largest absolute Gasteiger partial charge is 0.360 e. The van der Waals surface area contributed by atoms with E-state index in [0.717, 1.165) is 0 Å². The fraction of sp³-hybridized carbons (Fsp3) is 0.400. The molecule has 0 aliphatic heterocycles. The van der Waals surface area contributed by atoms with Gasteiger partial charge in [0, 0.05) is 25.7 Å². The van der Waals surface area contributed by atoms with Crippen molar-refractivity contribution in [3.8, 4) is 0 Å². The van der Waals surface area contributed by atoms with E-state index in [1.807, 2.05) is 25.1 Å². The maximum Gasteiger partial charge on any atom is 0.333 e. The zero-order valence-electron chi connectivity index (χ0n) is 13.6. The Morgan fingerprint density at radius 3 is 2.70 bits per heavy atom. The molecule has 0 atom stereocenters. The number of benzene rings is 1. The average Bonchev–Trinajstić information content (AvgIpc) is 2.73. The van der Waals surface area contributed by atoms with Crippen molar-refractivity contribution in [3.63, 3.8) is 0 Å². The lowest BCUT2D eigenvalue weighted by Crippen LogP contribution is -2.12. The third kappa shape index (κ3) is 3.84. The summed E-state index contributed by atoms with van der Waals surface area (Å²) >= 11 is 0. The summed E-state index contributed by atoms with van der Waals surface area (Å²) < 4.78 is 15.5. The van der Waals surface area contributed by atoms with Gasteiger partial charge in [-0.1, -0.05) is 12.1 Å². The van der Waals surface area contributed by atoms with Gasteiger partial charge in [-0.15, -0.1) is 0 Å². The topological polar surface area (TPSA) is 76.2 Å². The highest BCUT2D eigenvalue weighted by Gasteiger charge is 2.23. The van der Waals surface area contributed by atoms with Gasteiger partial charge in [0.15, 0.2) is 0 Å². The van der Waals surface area contributed by atoms with Crippen molar-refractivity contribution < 1.29 is 9.31 Å². The van der Waals surface area contributed by atoms with Crippen molar-refractivity contribution >= 4 is 11.5 Å². The van der Waals surface area contributed by atoms with Crippen LogP contribution in [0.25, 0.3) is 0 Å². The molecule has 7 nitrogen and oxygen atoms in total. The lowest BCUT2D eigenvalue weighted by Gasteiger charge is -2.12. The quantitative estimate of drug-likeness (QED) is 0.653. The van der Waals surface area contributed by atoms with Gasteiger partial charge in [0.05, 0.1) is 4.92 Å². The van der Waals surface area contributed by atoms with Crippen LogP contribution in [0, 0.1) is 22.9 Å². The van der Waals surface area contributed by atoms with Crippen LogP contribution in [0.2, 0.25) is 0 Å². The smallest absolute Gasteiger partial charge is 0.333 e. The molecule has 0 radical (unpaired) electrons. The van der Waals surface area contributed by atoms with Crippen LogP contribution >= 0.6 is 0 Å². The first-order valence-electron chi connectivity index (χ1n) is 7.13. The average molecular weight is 321 g/mol. The van der Waals surface area contributed by atoms with Crippen molar-refractivity contribution in [1.29, 1.82) is 0 Å². The number of hydrogen-bond acceptors (Lipinski definition) is 5. The summed E-state index contributed by atoms with van der Waals surface area (Å²) in [5, 5.41) is 18.1. The first-order chi connectivity index (χ1) is 10.8.